The lowest BCUT2D eigenvalue weighted by Crippen LogP contribution is -2.27. The van der Waals surface area contributed by atoms with Crippen molar-refractivity contribution < 1.29 is 10.2 Å². The van der Waals surface area contributed by atoms with Gasteiger partial charge in [0.05, 0.1) is 18.8 Å². The minimum absolute atomic E-state index is 0.114. The number of rotatable bonds is 6. The molecule has 22 heavy (non-hydrogen) atoms. The molecule has 1 saturated carbocycles. The van der Waals surface area contributed by atoms with Crippen molar-refractivity contribution in [2.45, 2.75) is 45.5 Å². The third-order valence-electron chi connectivity index (χ3n) is 4.29. The Morgan fingerprint density at radius 3 is 2.68 bits per heavy atom. The first-order valence-corrected chi connectivity index (χ1v) is 7.57. The van der Waals surface area contributed by atoms with Crippen LogP contribution in [-0.2, 0) is 26.7 Å². The summed E-state index contributed by atoms with van der Waals surface area (Å²) in [7, 11) is 1.99. The van der Waals surface area contributed by atoms with Crippen LogP contribution in [0.1, 0.15) is 35.5 Å². The van der Waals surface area contributed by atoms with Crippen LogP contribution in [0, 0.1) is 6.92 Å². The van der Waals surface area contributed by atoms with Crippen molar-refractivity contribution in [1.82, 2.24) is 19.4 Å². The molecule has 2 heterocycles. The topological polar surface area (TPSA) is 74.4 Å². The molecular weight excluding hydrogens is 280 g/mol. The number of pyridine rings is 1. The van der Waals surface area contributed by atoms with E-state index in [2.05, 4.69) is 14.9 Å². The molecule has 0 atom stereocenters. The maximum absolute atomic E-state index is 10.3. The fourth-order valence-electron chi connectivity index (χ4n) is 2.68. The molecule has 1 aliphatic rings. The van der Waals surface area contributed by atoms with Crippen LogP contribution in [0.2, 0.25) is 0 Å². The summed E-state index contributed by atoms with van der Waals surface area (Å²) >= 11 is 0. The summed E-state index contributed by atoms with van der Waals surface area (Å²) in [6.45, 7) is 3.00. The standard InChI is InChI=1S/C16H22N4O2/c1-11-16(22)14(12(10-21)7-18-11)8-20(13-3-4-13)9-15-17-5-6-19(15)2/h5-7,13,21-22H,3-4,8-10H2,1-2H3. The Bertz CT molecular complexity index is 664. The van der Waals surface area contributed by atoms with Crippen molar-refractivity contribution in [3.8, 4) is 5.75 Å². The normalized spacial score (nSPS) is 14.7. The number of nitrogens with zero attached hydrogens (tertiary/aromatic N) is 4. The molecule has 0 bridgehead atoms. The van der Waals surface area contributed by atoms with E-state index in [1.54, 1.807) is 19.3 Å². The van der Waals surface area contributed by atoms with Crippen LogP contribution in [-0.4, -0.2) is 35.7 Å². The van der Waals surface area contributed by atoms with Gasteiger partial charge >= 0.3 is 0 Å². The van der Waals surface area contributed by atoms with Gasteiger partial charge in [0.25, 0.3) is 0 Å². The van der Waals surface area contributed by atoms with E-state index in [0.717, 1.165) is 17.9 Å². The molecule has 0 saturated heterocycles. The minimum Gasteiger partial charge on any atom is -0.506 e. The zero-order valence-corrected chi connectivity index (χ0v) is 13.0. The van der Waals surface area contributed by atoms with Gasteiger partial charge in [-0.15, -0.1) is 0 Å². The van der Waals surface area contributed by atoms with Crippen molar-refractivity contribution in [3.05, 3.63) is 41.2 Å². The van der Waals surface area contributed by atoms with E-state index in [1.165, 1.54) is 12.8 Å². The molecular formula is C16H22N4O2. The third kappa shape index (κ3) is 2.98. The number of aromatic nitrogens is 3. The zero-order chi connectivity index (χ0) is 15.7. The summed E-state index contributed by atoms with van der Waals surface area (Å²) in [5, 5.41) is 19.8. The Morgan fingerprint density at radius 2 is 2.09 bits per heavy atom. The Kier molecular flexibility index (Phi) is 4.13. The van der Waals surface area contributed by atoms with Crippen molar-refractivity contribution in [2.75, 3.05) is 0 Å². The third-order valence-corrected chi connectivity index (χ3v) is 4.29. The largest absolute Gasteiger partial charge is 0.506 e. The molecule has 6 nitrogen and oxygen atoms in total. The van der Waals surface area contributed by atoms with Crippen molar-refractivity contribution in [2.24, 2.45) is 7.05 Å². The van der Waals surface area contributed by atoms with Gasteiger partial charge in [0.15, 0.2) is 0 Å². The number of hydrogen-bond acceptors (Lipinski definition) is 5. The summed E-state index contributed by atoms with van der Waals surface area (Å²) in [5.41, 5.74) is 2.06. The average molecular weight is 302 g/mol. The zero-order valence-electron chi connectivity index (χ0n) is 13.0. The molecule has 2 aromatic rings. The minimum atomic E-state index is -0.114. The summed E-state index contributed by atoms with van der Waals surface area (Å²) < 4.78 is 2.01. The van der Waals surface area contributed by atoms with Crippen molar-refractivity contribution in [1.29, 1.82) is 0 Å². The fraction of sp³-hybridized carbons (Fsp3) is 0.500. The summed E-state index contributed by atoms with van der Waals surface area (Å²) in [4.78, 5) is 10.8. The number of hydrogen-bond donors (Lipinski definition) is 2. The molecule has 0 radical (unpaired) electrons. The van der Waals surface area contributed by atoms with Gasteiger partial charge in [0, 0.05) is 49.4 Å². The van der Waals surface area contributed by atoms with E-state index >= 15 is 0 Å². The Morgan fingerprint density at radius 1 is 1.32 bits per heavy atom. The molecule has 1 aliphatic carbocycles. The second kappa shape index (κ2) is 6.06. The van der Waals surface area contributed by atoms with E-state index < -0.39 is 0 Å². The molecule has 0 unspecified atom stereocenters. The van der Waals surface area contributed by atoms with Gasteiger partial charge in [-0.3, -0.25) is 9.88 Å². The maximum Gasteiger partial charge on any atom is 0.141 e. The second-order valence-corrected chi connectivity index (χ2v) is 5.94. The molecule has 2 aromatic heterocycles. The van der Waals surface area contributed by atoms with Gasteiger partial charge in [0.1, 0.15) is 11.6 Å². The molecule has 1 fully saturated rings. The van der Waals surface area contributed by atoms with Gasteiger partial charge < -0.3 is 14.8 Å². The molecule has 6 heteroatoms. The first kappa shape index (κ1) is 15.0. The van der Waals surface area contributed by atoms with Gasteiger partial charge in [-0.2, -0.15) is 0 Å². The van der Waals surface area contributed by atoms with E-state index in [0.29, 0.717) is 23.8 Å². The molecule has 2 N–H and O–H groups in total. The molecule has 0 amide bonds. The van der Waals surface area contributed by atoms with Crippen LogP contribution in [0.4, 0.5) is 0 Å². The van der Waals surface area contributed by atoms with Gasteiger partial charge in [-0.1, -0.05) is 0 Å². The molecule has 118 valence electrons. The quantitative estimate of drug-likeness (QED) is 0.845. The lowest BCUT2D eigenvalue weighted by Gasteiger charge is -2.23. The molecule has 3 rings (SSSR count). The SMILES string of the molecule is Cc1ncc(CO)c(CN(Cc2nccn2C)C2CC2)c1O. The second-order valence-electron chi connectivity index (χ2n) is 5.94. The molecule has 0 spiro atoms. The van der Waals surface area contributed by atoms with Crippen LogP contribution in [0.5, 0.6) is 5.75 Å². The number of aliphatic hydroxyl groups excluding tert-OH is 1. The Hall–Kier alpha value is -1.92. The smallest absolute Gasteiger partial charge is 0.141 e. The number of aliphatic hydroxyl groups is 1. The van der Waals surface area contributed by atoms with E-state index in [-0.39, 0.29) is 12.4 Å². The van der Waals surface area contributed by atoms with Crippen LogP contribution in [0.3, 0.4) is 0 Å². The van der Waals surface area contributed by atoms with Gasteiger partial charge in [-0.25, -0.2) is 4.98 Å². The first-order valence-electron chi connectivity index (χ1n) is 7.57. The maximum atomic E-state index is 10.3. The molecule has 0 aliphatic heterocycles. The Labute approximate surface area is 130 Å². The van der Waals surface area contributed by atoms with Gasteiger partial charge in [0.2, 0.25) is 0 Å². The van der Waals surface area contributed by atoms with E-state index in [4.69, 9.17) is 0 Å². The predicted octanol–water partition coefficient (Wildman–Crippen LogP) is 1.49. The average Bonchev–Trinajstić information content (AvgIpc) is 3.28. The van der Waals surface area contributed by atoms with Crippen LogP contribution in [0.15, 0.2) is 18.6 Å². The summed E-state index contributed by atoms with van der Waals surface area (Å²) in [6, 6.07) is 0.524. The highest BCUT2D eigenvalue weighted by molar-refractivity contribution is 5.40. The Balaban J connectivity index is 1.85. The molecule has 0 aromatic carbocycles. The highest BCUT2D eigenvalue weighted by atomic mass is 16.3. The van der Waals surface area contributed by atoms with Gasteiger partial charge in [-0.05, 0) is 19.8 Å². The van der Waals surface area contributed by atoms with E-state index in [1.807, 2.05) is 17.8 Å². The van der Waals surface area contributed by atoms with Crippen LogP contribution >= 0.6 is 0 Å². The van der Waals surface area contributed by atoms with Crippen LogP contribution in [0.25, 0.3) is 0 Å². The van der Waals surface area contributed by atoms with Crippen LogP contribution < -0.4 is 0 Å². The first-order chi connectivity index (χ1) is 10.6. The van der Waals surface area contributed by atoms with Crippen molar-refractivity contribution >= 4 is 0 Å². The lowest BCUT2D eigenvalue weighted by atomic mass is 10.1. The van der Waals surface area contributed by atoms with Crippen molar-refractivity contribution in [3.63, 3.8) is 0 Å². The predicted molar refractivity (Wildman–Crippen MR) is 82.0 cm³/mol. The number of imidazole rings is 1. The number of aromatic hydroxyl groups is 1. The number of aryl methyl sites for hydroxylation is 2. The summed E-state index contributed by atoms with van der Waals surface area (Å²) in [5.74, 6) is 1.19. The highest BCUT2D eigenvalue weighted by Gasteiger charge is 2.31. The monoisotopic (exact) mass is 302 g/mol. The van der Waals surface area contributed by atoms with E-state index in [9.17, 15) is 10.2 Å². The highest BCUT2D eigenvalue weighted by Crippen LogP contribution is 2.33. The lowest BCUT2D eigenvalue weighted by molar-refractivity contribution is 0.227. The fourth-order valence-corrected chi connectivity index (χ4v) is 2.68. The summed E-state index contributed by atoms with van der Waals surface area (Å²) in [6.07, 6.45) is 7.73.